The maximum atomic E-state index is 9.15. The Morgan fingerprint density at radius 2 is 1.81 bits per heavy atom. The van der Waals surface area contributed by atoms with Gasteiger partial charge in [-0.15, -0.1) is 0 Å². The number of hydrogen-bond donors (Lipinski definition) is 0. The highest BCUT2D eigenvalue weighted by Crippen LogP contribution is 2.42. The summed E-state index contributed by atoms with van der Waals surface area (Å²) in [5.41, 5.74) is 1.15. The van der Waals surface area contributed by atoms with Gasteiger partial charge in [0.05, 0.1) is 12.1 Å². The van der Waals surface area contributed by atoms with Crippen molar-refractivity contribution in [1.29, 1.82) is 10.5 Å². The summed E-state index contributed by atoms with van der Waals surface area (Å²) in [6, 6.07) is 14.2. The van der Waals surface area contributed by atoms with Gasteiger partial charge < -0.3 is 0 Å². The van der Waals surface area contributed by atoms with E-state index < -0.39 is 5.41 Å². The number of benzene rings is 1. The van der Waals surface area contributed by atoms with Crippen molar-refractivity contribution in [1.82, 2.24) is 0 Å². The van der Waals surface area contributed by atoms with Gasteiger partial charge in [-0.25, -0.2) is 0 Å². The van der Waals surface area contributed by atoms with Crippen molar-refractivity contribution in [2.75, 3.05) is 0 Å². The zero-order valence-electron chi connectivity index (χ0n) is 8.98. The second kappa shape index (κ2) is 4.21. The van der Waals surface area contributed by atoms with E-state index in [1.54, 1.807) is 0 Å². The summed E-state index contributed by atoms with van der Waals surface area (Å²) in [6.07, 6.45) is 4.44. The molecule has 0 radical (unpaired) electrons. The lowest BCUT2D eigenvalue weighted by atomic mass is 9.84. The molecule has 1 saturated carbocycles. The summed E-state index contributed by atoms with van der Waals surface area (Å²) >= 11 is 0. The minimum atomic E-state index is -0.879. The highest BCUT2D eigenvalue weighted by molar-refractivity contribution is 5.58. The summed E-state index contributed by atoms with van der Waals surface area (Å²) in [7, 11) is 0. The molecule has 1 aromatic carbocycles. The van der Waals surface area contributed by atoms with E-state index in [1.165, 1.54) is 0 Å². The first kappa shape index (κ1) is 10.5. The minimum absolute atomic E-state index is 0.665. The van der Waals surface area contributed by atoms with Gasteiger partial charge in [-0.3, -0.25) is 0 Å². The van der Waals surface area contributed by atoms with Crippen molar-refractivity contribution in [2.24, 2.45) is 5.41 Å². The molecule has 2 heteroatoms. The summed E-state index contributed by atoms with van der Waals surface area (Å²) in [4.78, 5) is 0. The Bertz CT molecular complexity index is 472. The first-order chi connectivity index (χ1) is 7.80. The van der Waals surface area contributed by atoms with Gasteiger partial charge in [-0.05, 0) is 30.4 Å². The van der Waals surface area contributed by atoms with Crippen LogP contribution in [0.3, 0.4) is 0 Å². The standard InChI is InChI=1S/C14H12N2/c15-10-14(11-16)8-4-7-13(14)9-12-5-2-1-3-6-12/h1-3,5-6,9H,4,7-8H2/b13-9+. The third-order valence-electron chi connectivity index (χ3n) is 3.07. The second-order valence-corrected chi connectivity index (χ2v) is 4.06. The SMILES string of the molecule is N#CC1(C#N)CCC/C1=C\c1ccccc1. The van der Waals surface area contributed by atoms with Crippen molar-refractivity contribution in [2.45, 2.75) is 19.3 Å². The molecule has 0 atom stereocenters. The van der Waals surface area contributed by atoms with E-state index in [9.17, 15) is 0 Å². The first-order valence-corrected chi connectivity index (χ1v) is 5.39. The largest absolute Gasteiger partial charge is 0.196 e. The zero-order chi connectivity index (χ0) is 11.4. The Kier molecular flexibility index (Phi) is 2.75. The molecule has 0 heterocycles. The Hall–Kier alpha value is -2.06. The van der Waals surface area contributed by atoms with Crippen LogP contribution in [0.5, 0.6) is 0 Å². The van der Waals surface area contributed by atoms with Gasteiger partial charge in [0.25, 0.3) is 0 Å². The van der Waals surface area contributed by atoms with Crippen LogP contribution in [0.25, 0.3) is 6.08 Å². The molecule has 78 valence electrons. The quantitative estimate of drug-likeness (QED) is 0.711. The van der Waals surface area contributed by atoms with E-state index in [0.29, 0.717) is 6.42 Å². The monoisotopic (exact) mass is 208 g/mol. The van der Waals surface area contributed by atoms with Crippen LogP contribution < -0.4 is 0 Å². The minimum Gasteiger partial charge on any atom is -0.196 e. The smallest absolute Gasteiger partial charge is 0.165 e. The Morgan fingerprint density at radius 1 is 1.12 bits per heavy atom. The number of rotatable bonds is 1. The average Bonchev–Trinajstić information content (AvgIpc) is 2.74. The van der Waals surface area contributed by atoms with Gasteiger partial charge in [-0.1, -0.05) is 36.4 Å². The molecule has 1 aliphatic rings. The molecule has 0 unspecified atom stereocenters. The fraction of sp³-hybridized carbons (Fsp3) is 0.286. The molecular weight excluding hydrogens is 196 g/mol. The summed E-state index contributed by atoms with van der Waals surface area (Å²) in [5, 5.41) is 18.3. The normalized spacial score (nSPS) is 20.2. The van der Waals surface area contributed by atoms with Crippen LogP contribution in [0.4, 0.5) is 0 Å². The van der Waals surface area contributed by atoms with Crippen LogP contribution >= 0.6 is 0 Å². The molecule has 0 bridgehead atoms. The number of allylic oxidation sites excluding steroid dienone is 1. The van der Waals surface area contributed by atoms with Crippen molar-refractivity contribution < 1.29 is 0 Å². The lowest BCUT2D eigenvalue weighted by molar-refractivity contribution is 0.636. The third-order valence-corrected chi connectivity index (χ3v) is 3.07. The fourth-order valence-electron chi connectivity index (χ4n) is 2.14. The molecule has 16 heavy (non-hydrogen) atoms. The van der Waals surface area contributed by atoms with Gasteiger partial charge in [0.1, 0.15) is 0 Å². The molecule has 0 aromatic heterocycles. The fourth-order valence-corrected chi connectivity index (χ4v) is 2.14. The zero-order valence-corrected chi connectivity index (χ0v) is 8.98. The van der Waals surface area contributed by atoms with Crippen LogP contribution in [0, 0.1) is 28.1 Å². The van der Waals surface area contributed by atoms with E-state index in [2.05, 4.69) is 12.1 Å². The molecule has 0 spiro atoms. The summed E-state index contributed by atoms with van der Waals surface area (Å²) < 4.78 is 0. The van der Waals surface area contributed by atoms with Crippen molar-refractivity contribution in [3.63, 3.8) is 0 Å². The lowest BCUT2D eigenvalue weighted by Gasteiger charge is -2.12. The Balaban J connectivity index is 2.39. The van der Waals surface area contributed by atoms with Crippen LogP contribution in [0.2, 0.25) is 0 Å². The maximum Gasteiger partial charge on any atom is 0.165 e. The van der Waals surface area contributed by atoms with E-state index in [1.807, 2.05) is 36.4 Å². The molecular formula is C14H12N2. The summed E-state index contributed by atoms with van der Waals surface area (Å²) in [5.74, 6) is 0. The van der Waals surface area contributed by atoms with Crippen LogP contribution in [-0.4, -0.2) is 0 Å². The van der Waals surface area contributed by atoms with Crippen LogP contribution in [-0.2, 0) is 0 Å². The third kappa shape index (κ3) is 1.71. The predicted molar refractivity (Wildman–Crippen MR) is 61.9 cm³/mol. The van der Waals surface area contributed by atoms with Crippen molar-refractivity contribution in [3.8, 4) is 12.1 Å². The maximum absolute atomic E-state index is 9.15. The highest BCUT2D eigenvalue weighted by Gasteiger charge is 2.38. The number of hydrogen-bond acceptors (Lipinski definition) is 2. The van der Waals surface area contributed by atoms with E-state index in [0.717, 1.165) is 24.0 Å². The number of nitriles is 2. The van der Waals surface area contributed by atoms with Gasteiger partial charge in [0.2, 0.25) is 0 Å². The Labute approximate surface area is 95.4 Å². The Morgan fingerprint density at radius 3 is 2.44 bits per heavy atom. The van der Waals surface area contributed by atoms with E-state index in [-0.39, 0.29) is 0 Å². The van der Waals surface area contributed by atoms with Crippen LogP contribution in [0.15, 0.2) is 35.9 Å². The van der Waals surface area contributed by atoms with Crippen LogP contribution in [0.1, 0.15) is 24.8 Å². The second-order valence-electron chi connectivity index (χ2n) is 4.06. The van der Waals surface area contributed by atoms with E-state index in [4.69, 9.17) is 10.5 Å². The van der Waals surface area contributed by atoms with Gasteiger partial charge in [-0.2, -0.15) is 10.5 Å². The summed E-state index contributed by atoms with van der Waals surface area (Å²) in [6.45, 7) is 0. The molecule has 2 nitrogen and oxygen atoms in total. The lowest BCUT2D eigenvalue weighted by Crippen LogP contribution is -2.12. The molecule has 2 rings (SSSR count). The topological polar surface area (TPSA) is 47.6 Å². The molecule has 1 aliphatic carbocycles. The van der Waals surface area contributed by atoms with E-state index >= 15 is 0 Å². The molecule has 1 aromatic rings. The van der Waals surface area contributed by atoms with Gasteiger partial charge >= 0.3 is 0 Å². The highest BCUT2D eigenvalue weighted by atomic mass is 14.5. The van der Waals surface area contributed by atoms with Gasteiger partial charge in [0, 0.05) is 0 Å². The molecule has 0 saturated heterocycles. The molecule has 1 fully saturated rings. The molecule has 0 N–H and O–H groups in total. The van der Waals surface area contributed by atoms with Crippen molar-refractivity contribution >= 4 is 6.08 Å². The first-order valence-electron chi connectivity index (χ1n) is 5.39. The predicted octanol–water partition coefficient (Wildman–Crippen LogP) is 3.29. The number of nitrogens with zero attached hydrogens (tertiary/aromatic N) is 2. The molecule has 0 amide bonds. The van der Waals surface area contributed by atoms with Crippen molar-refractivity contribution in [3.05, 3.63) is 41.5 Å². The van der Waals surface area contributed by atoms with Gasteiger partial charge in [0.15, 0.2) is 5.41 Å². The molecule has 0 aliphatic heterocycles. The average molecular weight is 208 g/mol.